The highest BCUT2D eigenvalue weighted by Gasteiger charge is 2.31. The summed E-state index contributed by atoms with van der Waals surface area (Å²) < 4.78 is 45.3. The lowest BCUT2D eigenvalue weighted by molar-refractivity contribution is -0.711. The Bertz CT molecular complexity index is 654. The molecule has 0 radical (unpaired) electrons. The van der Waals surface area contributed by atoms with Gasteiger partial charge in [-0.1, -0.05) is 0 Å². The van der Waals surface area contributed by atoms with Crippen molar-refractivity contribution >= 4 is 11.6 Å². The Morgan fingerprint density at radius 2 is 1.88 bits per heavy atom. The second kappa shape index (κ2) is 7.39. The van der Waals surface area contributed by atoms with Crippen LogP contribution in [-0.4, -0.2) is 18.3 Å². The van der Waals surface area contributed by atoms with Gasteiger partial charge < -0.3 is 19.8 Å². The van der Waals surface area contributed by atoms with E-state index in [0.29, 0.717) is 5.69 Å². The summed E-state index contributed by atoms with van der Waals surface area (Å²) >= 11 is 0. The summed E-state index contributed by atoms with van der Waals surface area (Å²) in [4.78, 5) is 12.1. The van der Waals surface area contributed by atoms with Gasteiger partial charge in [0.2, 0.25) is 0 Å². The van der Waals surface area contributed by atoms with E-state index in [9.17, 15) is 18.0 Å². The molecule has 0 bridgehead atoms. The molecule has 0 aliphatic carbocycles. The molecule has 1 aromatic heterocycles. The van der Waals surface area contributed by atoms with Gasteiger partial charge in [0.1, 0.15) is 11.8 Å². The van der Waals surface area contributed by atoms with Crippen molar-refractivity contribution in [2.24, 2.45) is 0 Å². The quantitative estimate of drug-likeness (QED) is 0.847. The standard InChI is InChI=1S/C16H17F3N2O3/c1-10(14-4-3-9-23-14)20-11(2)15(22)21-12-5-7-13(8-6-12)24-16(17,18)19/h3-11,20H,1-2H3,(H,21,22)/p+1/t10-,11+/m1/s1. The number of alkyl halides is 3. The molecule has 1 aromatic carbocycles. The maximum absolute atomic E-state index is 12.1. The molecule has 1 amide bonds. The Labute approximate surface area is 136 Å². The minimum atomic E-state index is -4.74. The first-order valence-electron chi connectivity index (χ1n) is 7.29. The number of nitrogens with one attached hydrogen (secondary N) is 1. The van der Waals surface area contributed by atoms with Gasteiger partial charge in [-0.2, -0.15) is 0 Å². The number of carbonyl (C=O) groups is 1. The van der Waals surface area contributed by atoms with Gasteiger partial charge in [-0.25, -0.2) is 0 Å². The van der Waals surface area contributed by atoms with Crippen molar-refractivity contribution in [1.29, 1.82) is 0 Å². The van der Waals surface area contributed by atoms with Crippen LogP contribution in [0, 0.1) is 0 Å². The van der Waals surface area contributed by atoms with Crippen LogP contribution in [0.25, 0.3) is 0 Å². The Balaban J connectivity index is 1.89. The summed E-state index contributed by atoms with van der Waals surface area (Å²) in [6.07, 6.45) is -3.18. The molecule has 0 spiro atoms. The van der Waals surface area contributed by atoms with E-state index in [1.807, 2.05) is 18.3 Å². The lowest BCUT2D eigenvalue weighted by Gasteiger charge is -2.15. The summed E-state index contributed by atoms with van der Waals surface area (Å²) in [5, 5.41) is 4.47. The molecule has 2 atom stereocenters. The molecule has 0 aliphatic rings. The van der Waals surface area contributed by atoms with Crippen LogP contribution >= 0.6 is 0 Å². The summed E-state index contributed by atoms with van der Waals surface area (Å²) in [5.41, 5.74) is 0.389. The van der Waals surface area contributed by atoms with E-state index in [1.54, 1.807) is 19.3 Å². The number of hydrogen-bond acceptors (Lipinski definition) is 3. The molecule has 0 saturated heterocycles. The van der Waals surface area contributed by atoms with Crippen LogP contribution in [0.2, 0.25) is 0 Å². The van der Waals surface area contributed by atoms with E-state index in [2.05, 4.69) is 10.1 Å². The fourth-order valence-electron chi connectivity index (χ4n) is 2.16. The molecule has 24 heavy (non-hydrogen) atoms. The van der Waals surface area contributed by atoms with Crippen LogP contribution in [0.3, 0.4) is 0 Å². The molecule has 3 N–H and O–H groups in total. The fraction of sp³-hybridized carbons (Fsp3) is 0.312. The topological polar surface area (TPSA) is 68.1 Å². The molecular weight excluding hydrogens is 325 g/mol. The zero-order valence-corrected chi connectivity index (χ0v) is 13.1. The number of hydrogen-bond donors (Lipinski definition) is 2. The third-order valence-electron chi connectivity index (χ3n) is 3.34. The summed E-state index contributed by atoms with van der Waals surface area (Å²) in [6, 6.07) is 8.13. The van der Waals surface area contributed by atoms with Crippen molar-refractivity contribution in [3.05, 3.63) is 48.4 Å². The zero-order valence-electron chi connectivity index (χ0n) is 13.1. The van der Waals surface area contributed by atoms with Crippen LogP contribution in [0.5, 0.6) is 5.75 Å². The van der Waals surface area contributed by atoms with Gasteiger partial charge in [0.05, 0.1) is 6.26 Å². The number of nitrogens with two attached hydrogens (primary N) is 1. The molecule has 0 aliphatic heterocycles. The van der Waals surface area contributed by atoms with Crippen molar-refractivity contribution < 1.29 is 32.4 Å². The predicted molar refractivity (Wildman–Crippen MR) is 80.3 cm³/mol. The Morgan fingerprint density at radius 1 is 1.21 bits per heavy atom. The predicted octanol–water partition coefficient (Wildman–Crippen LogP) is 2.83. The highest BCUT2D eigenvalue weighted by molar-refractivity contribution is 5.93. The molecule has 8 heteroatoms. The van der Waals surface area contributed by atoms with Crippen molar-refractivity contribution in [1.82, 2.24) is 0 Å². The van der Waals surface area contributed by atoms with Gasteiger partial charge in [0.15, 0.2) is 11.8 Å². The number of ether oxygens (including phenoxy) is 1. The van der Waals surface area contributed by atoms with Crippen molar-refractivity contribution in [3.63, 3.8) is 0 Å². The van der Waals surface area contributed by atoms with E-state index in [4.69, 9.17) is 4.42 Å². The van der Waals surface area contributed by atoms with Crippen LogP contribution in [0.1, 0.15) is 25.6 Å². The number of amides is 1. The number of furan rings is 1. The van der Waals surface area contributed by atoms with Crippen LogP contribution in [-0.2, 0) is 4.79 Å². The van der Waals surface area contributed by atoms with Gasteiger partial charge in [-0.15, -0.1) is 13.2 Å². The third kappa shape index (κ3) is 5.31. The largest absolute Gasteiger partial charge is 0.573 e. The molecule has 1 heterocycles. The van der Waals surface area contributed by atoms with E-state index < -0.39 is 12.4 Å². The highest BCUT2D eigenvalue weighted by Crippen LogP contribution is 2.23. The molecule has 0 fully saturated rings. The normalized spacial score (nSPS) is 14.0. The van der Waals surface area contributed by atoms with E-state index >= 15 is 0 Å². The second-order valence-electron chi connectivity index (χ2n) is 5.35. The van der Waals surface area contributed by atoms with Crippen LogP contribution < -0.4 is 15.4 Å². The number of benzene rings is 1. The molecule has 5 nitrogen and oxygen atoms in total. The monoisotopic (exact) mass is 343 g/mol. The molecule has 0 saturated carbocycles. The maximum Gasteiger partial charge on any atom is 0.573 e. The first kappa shape index (κ1) is 17.9. The van der Waals surface area contributed by atoms with E-state index in [0.717, 1.165) is 17.9 Å². The molecule has 130 valence electrons. The maximum atomic E-state index is 12.1. The number of rotatable bonds is 6. The van der Waals surface area contributed by atoms with E-state index in [-0.39, 0.29) is 17.7 Å². The first-order valence-corrected chi connectivity index (χ1v) is 7.29. The summed E-state index contributed by atoms with van der Waals surface area (Å²) in [5.74, 6) is 0.146. The van der Waals surface area contributed by atoms with Crippen molar-refractivity contribution in [2.45, 2.75) is 32.3 Å². The molecule has 2 rings (SSSR count). The van der Waals surface area contributed by atoms with Crippen molar-refractivity contribution in [2.75, 3.05) is 5.32 Å². The van der Waals surface area contributed by atoms with Gasteiger partial charge in [-0.05, 0) is 50.2 Å². The van der Waals surface area contributed by atoms with Gasteiger partial charge >= 0.3 is 6.36 Å². The van der Waals surface area contributed by atoms with Gasteiger partial charge in [0.25, 0.3) is 5.91 Å². The van der Waals surface area contributed by atoms with Crippen LogP contribution in [0.4, 0.5) is 18.9 Å². The number of carbonyl (C=O) groups excluding carboxylic acids is 1. The molecule has 2 aromatic rings. The van der Waals surface area contributed by atoms with Gasteiger partial charge in [0, 0.05) is 5.69 Å². The molecular formula is C16H18F3N2O3+. The zero-order chi connectivity index (χ0) is 17.7. The van der Waals surface area contributed by atoms with Crippen molar-refractivity contribution in [3.8, 4) is 5.75 Å². The van der Waals surface area contributed by atoms with Crippen LogP contribution in [0.15, 0.2) is 47.1 Å². The SMILES string of the molecule is C[C@H]([NH2+][C@H](C)c1ccco1)C(=O)Nc1ccc(OC(F)(F)F)cc1. The lowest BCUT2D eigenvalue weighted by Crippen LogP contribution is -2.91. The van der Waals surface area contributed by atoms with E-state index in [1.165, 1.54) is 12.1 Å². The number of quaternary nitrogens is 1. The number of halogens is 3. The number of anilines is 1. The lowest BCUT2D eigenvalue weighted by atomic mass is 10.2. The minimum absolute atomic E-state index is 0.0386. The average molecular weight is 343 g/mol. The second-order valence-corrected chi connectivity index (χ2v) is 5.35. The smallest absolute Gasteiger partial charge is 0.463 e. The minimum Gasteiger partial charge on any atom is -0.463 e. The Morgan fingerprint density at radius 3 is 2.42 bits per heavy atom. The highest BCUT2D eigenvalue weighted by atomic mass is 19.4. The summed E-state index contributed by atoms with van der Waals surface area (Å²) in [7, 11) is 0. The first-order chi connectivity index (χ1) is 11.2. The average Bonchev–Trinajstić information content (AvgIpc) is 3.02. The Kier molecular flexibility index (Phi) is 5.50. The third-order valence-corrected chi connectivity index (χ3v) is 3.34. The summed E-state index contributed by atoms with van der Waals surface area (Å²) in [6.45, 7) is 3.64. The van der Waals surface area contributed by atoms with Gasteiger partial charge in [-0.3, -0.25) is 4.79 Å². The fourth-order valence-corrected chi connectivity index (χ4v) is 2.16. The molecule has 0 unspecified atom stereocenters. The Hall–Kier alpha value is -2.48.